The number of benzene rings is 3. The van der Waals surface area contributed by atoms with Gasteiger partial charge in [0.05, 0.1) is 0 Å². The van der Waals surface area contributed by atoms with E-state index >= 15 is 0 Å². The first-order valence-electron chi connectivity index (χ1n) is 16.3. The van der Waals surface area contributed by atoms with Crippen LogP contribution in [-0.4, -0.2) is 3.21 Å². The van der Waals surface area contributed by atoms with Crippen LogP contribution in [0, 0.1) is 11.3 Å². The van der Waals surface area contributed by atoms with E-state index in [-0.39, 0.29) is 41.1 Å². The summed E-state index contributed by atoms with van der Waals surface area (Å²) in [4.78, 5) is 0. The van der Waals surface area contributed by atoms with Crippen molar-refractivity contribution in [1.82, 2.24) is 0 Å². The minimum atomic E-state index is -2.63. The summed E-state index contributed by atoms with van der Waals surface area (Å²) < 4.78 is 3.99. The molecule has 0 aliphatic heterocycles. The summed E-state index contributed by atoms with van der Waals surface area (Å²) in [6.45, 7) is 21.6. The van der Waals surface area contributed by atoms with Crippen molar-refractivity contribution in [3.63, 3.8) is 0 Å². The van der Waals surface area contributed by atoms with Gasteiger partial charge in [-0.15, -0.1) is 0 Å². The second-order valence-corrected chi connectivity index (χ2v) is 21.8. The summed E-state index contributed by atoms with van der Waals surface area (Å²) in [6.07, 6.45) is 15.9. The molecule has 0 nitrogen and oxygen atoms in total. The van der Waals surface area contributed by atoms with Gasteiger partial charge in [-0.25, -0.2) is 0 Å². The zero-order valence-electron chi connectivity index (χ0n) is 28.3. The summed E-state index contributed by atoms with van der Waals surface area (Å²) in [5.41, 5.74) is 15.3. The van der Waals surface area contributed by atoms with Gasteiger partial charge in [0.25, 0.3) is 0 Å². The van der Waals surface area contributed by atoms with E-state index in [2.05, 4.69) is 153 Å². The van der Waals surface area contributed by atoms with Crippen LogP contribution in [0.3, 0.4) is 0 Å². The molecule has 4 aliphatic rings. The average Bonchev–Trinajstić information content (AvgIpc) is 3.67. The Bertz CT molecular complexity index is 1760. The molecule has 0 saturated heterocycles. The molecule has 0 radical (unpaired) electrons. The molecule has 0 bridgehead atoms. The van der Waals surface area contributed by atoms with Crippen LogP contribution in [0.1, 0.15) is 111 Å². The van der Waals surface area contributed by atoms with Crippen molar-refractivity contribution in [3.8, 4) is 11.1 Å². The molecule has 232 valence electrons. The predicted octanol–water partition coefficient (Wildman–Crippen LogP) is 5.13. The second-order valence-electron chi connectivity index (χ2n) is 15.5. The molecule has 0 N–H and O–H groups in total. The Labute approximate surface area is 291 Å². The number of rotatable bonds is 4. The van der Waals surface area contributed by atoms with Crippen molar-refractivity contribution in [2.75, 3.05) is 0 Å². The van der Waals surface area contributed by atoms with Crippen molar-refractivity contribution in [1.29, 1.82) is 0 Å². The number of fused-ring (bicyclic) bond motifs is 5. The summed E-state index contributed by atoms with van der Waals surface area (Å²) in [5.74, 6) is 0.487. The van der Waals surface area contributed by atoms with Crippen LogP contribution in [0.4, 0.5) is 0 Å². The second kappa shape index (κ2) is 11.9. The third-order valence-corrected chi connectivity index (χ3v) is 19.7. The molecule has 45 heavy (non-hydrogen) atoms. The minimum absolute atomic E-state index is 0. The van der Waals surface area contributed by atoms with E-state index in [0.29, 0.717) is 9.54 Å². The standard InChI is InChI=1S/C23H21.C10H15.C9H10.2ClH.Zr/c1-22(2)7-5-14-10-18-16(12-20(14)22)9-17-13-21-15(11-19(17)18)6-8-23(21,3)4;1-8-5-6-9(7-8)10(2,3)4;1-2-6-9-7-4-3-5-8-9;;;/h5-13H,1-4H3;6-8H,1-4H3;3-5,7-8H,2H2,1H3;2*1H;/q;;;;;+2/p-2. The van der Waals surface area contributed by atoms with Crippen molar-refractivity contribution < 1.29 is 46.1 Å². The Morgan fingerprint density at radius 2 is 1.29 bits per heavy atom. The fraction of sp³-hybridized carbons (Fsp3) is 0.357. The SMILES string of the molecule is CC/[C](c1ccccc1)=[Zr+2](/[C]1=CC(C(C)(C)C)=CC1C)[CH]1c2cc3c(cc2-c2cc4c(cc21)C(C)(C)C=C4)C=CC3(C)C.[Cl-].[Cl-]. The molecule has 0 aromatic heterocycles. The van der Waals surface area contributed by atoms with Crippen molar-refractivity contribution >= 4 is 15.4 Å². The molecule has 3 heteroatoms. The van der Waals surface area contributed by atoms with E-state index in [4.69, 9.17) is 0 Å². The van der Waals surface area contributed by atoms with Gasteiger partial charge in [-0.3, -0.25) is 0 Å². The van der Waals surface area contributed by atoms with E-state index < -0.39 is 21.3 Å². The molecule has 0 amide bonds. The fourth-order valence-electron chi connectivity index (χ4n) is 8.06. The number of hydrogen-bond acceptors (Lipinski definition) is 0. The Balaban J connectivity index is 0.00000200. The molecule has 7 rings (SSSR count). The van der Waals surface area contributed by atoms with Crippen LogP contribution in [-0.2, 0) is 32.1 Å². The van der Waals surface area contributed by atoms with Gasteiger partial charge in [-0.05, 0) is 0 Å². The average molecular weight is 713 g/mol. The third kappa shape index (κ3) is 5.54. The van der Waals surface area contributed by atoms with Gasteiger partial charge in [-0.1, -0.05) is 0 Å². The van der Waals surface area contributed by atoms with Gasteiger partial charge in [0, 0.05) is 0 Å². The third-order valence-electron chi connectivity index (χ3n) is 10.6. The van der Waals surface area contributed by atoms with E-state index in [1.807, 2.05) is 0 Å². The zero-order valence-corrected chi connectivity index (χ0v) is 32.2. The summed E-state index contributed by atoms with van der Waals surface area (Å²) >= 11 is -2.63. The van der Waals surface area contributed by atoms with Gasteiger partial charge in [-0.2, -0.15) is 0 Å². The number of halogens is 2. The molecule has 3 aromatic carbocycles. The topological polar surface area (TPSA) is 0 Å². The number of allylic oxidation sites excluding steroid dienone is 6. The molecule has 1 atom stereocenters. The van der Waals surface area contributed by atoms with E-state index in [9.17, 15) is 0 Å². The normalized spacial score (nSPS) is 19.9. The minimum Gasteiger partial charge on any atom is -1.00 e. The van der Waals surface area contributed by atoms with Crippen LogP contribution < -0.4 is 24.8 Å². The summed E-state index contributed by atoms with van der Waals surface area (Å²) in [5, 5.41) is 0. The quantitative estimate of drug-likeness (QED) is 0.353. The van der Waals surface area contributed by atoms with Gasteiger partial charge < -0.3 is 24.8 Å². The molecular formula is C42H46Cl2Zr. The van der Waals surface area contributed by atoms with Crippen LogP contribution in [0.5, 0.6) is 0 Å². The van der Waals surface area contributed by atoms with Crippen LogP contribution in [0.2, 0.25) is 0 Å². The molecule has 4 aliphatic carbocycles. The molecular weight excluding hydrogens is 667 g/mol. The molecule has 0 spiro atoms. The van der Waals surface area contributed by atoms with Gasteiger partial charge in [0.15, 0.2) is 0 Å². The van der Waals surface area contributed by atoms with Gasteiger partial charge >= 0.3 is 269 Å². The fourth-order valence-corrected chi connectivity index (χ4v) is 17.6. The maximum absolute atomic E-state index is 2.67. The van der Waals surface area contributed by atoms with Crippen molar-refractivity contribution in [2.24, 2.45) is 11.3 Å². The Kier molecular flexibility index (Phi) is 9.05. The summed E-state index contributed by atoms with van der Waals surface area (Å²) in [6, 6.07) is 21.8. The van der Waals surface area contributed by atoms with Crippen LogP contribution in [0.25, 0.3) is 23.3 Å². The van der Waals surface area contributed by atoms with E-state index in [0.717, 1.165) is 6.42 Å². The zero-order chi connectivity index (χ0) is 30.5. The smallest absolute Gasteiger partial charge is 1.00 e. The largest absolute Gasteiger partial charge is 1.00 e. The molecule has 0 fully saturated rings. The first-order valence-corrected chi connectivity index (χ1v) is 20.2. The molecule has 0 heterocycles. The Hall–Kier alpha value is -2.05. The van der Waals surface area contributed by atoms with Crippen molar-refractivity contribution in [3.05, 3.63) is 127 Å². The first-order chi connectivity index (χ1) is 20.3. The Morgan fingerprint density at radius 3 is 1.73 bits per heavy atom. The Morgan fingerprint density at radius 1 is 0.778 bits per heavy atom. The number of hydrogen-bond donors (Lipinski definition) is 0. The monoisotopic (exact) mass is 710 g/mol. The van der Waals surface area contributed by atoms with Crippen molar-refractivity contribution in [2.45, 2.75) is 83.2 Å². The van der Waals surface area contributed by atoms with Crippen LogP contribution in [0.15, 0.2) is 87.8 Å². The summed E-state index contributed by atoms with van der Waals surface area (Å²) in [7, 11) is 0. The molecule has 0 saturated carbocycles. The van der Waals surface area contributed by atoms with Crippen LogP contribution >= 0.6 is 0 Å². The van der Waals surface area contributed by atoms with Gasteiger partial charge in [0.1, 0.15) is 0 Å². The maximum Gasteiger partial charge on any atom is -1.00 e. The molecule has 3 aromatic rings. The van der Waals surface area contributed by atoms with Gasteiger partial charge in [0.2, 0.25) is 0 Å². The van der Waals surface area contributed by atoms with E-state index in [1.165, 1.54) is 44.5 Å². The predicted molar refractivity (Wildman–Crippen MR) is 183 cm³/mol. The maximum atomic E-state index is 2.67. The molecule has 1 unspecified atom stereocenters. The van der Waals surface area contributed by atoms with E-state index in [1.54, 1.807) is 17.6 Å². The first kappa shape index (κ1) is 34.3.